The molecule has 0 aliphatic rings. The Morgan fingerprint density at radius 2 is 1.89 bits per heavy atom. The quantitative estimate of drug-likeness (QED) is 0.507. The Hall–Kier alpha value is -3.43. The number of thiazole rings is 1. The second kappa shape index (κ2) is 7.44. The van der Waals surface area contributed by atoms with E-state index in [-0.39, 0.29) is 6.61 Å². The number of rotatable bonds is 5. The van der Waals surface area contributed by atoms with Gasteiger partial charge in [0.15, 0.2) is 0 Å². The fourth-order valence-corrected chi connectivity index (χ4v) is 3.43. The van der Waals surface area contributed by atoms with E-state index in [0.717, 1.165) is 28.4 Å². The number of ether oxygens (including phenoxy) is 1. The average Bonchev–Trinajstić information content (AvgIpc) is 3.35. The van der Waals surface area contributed by atoms with Crippen LogP contribution in [0.5, 0.6) is 5.75 Å². The van der Waals surface area contributed by atoms with Crippen LogP contribution in [0.2, 0.25) is 0 Å². The molecule has 0 amide bonds. The number of aromatic nitrogens is 3. The van der Waals surface area contributed by atoms with Crippen LogP contribution in [0.1, 0.15) is 17.0 Å². The number of hydrogen-bond donors (Lipinski definition) is 0. The fourth-order valence-electron chi connectivity index (χ4n) is 2.87. The molecule has 4 aromatic rings. The van der Waals surface area contributed by atoms with Crippen molar-refractivity contribution in [1.82, 2.24) is 14.8 Å². The lowest BCUT2D eigenvalue weighted by Gasteiger charge is -2.10. The van der Waals surface area contributed by atoms with Crippen molar-refractivity contribution in [3.8, 4) is 28.8 Å². The smallest absolute Gasteiger partial charge is 0.132 e. The summed E-state index contributed by atoms with van der Waals surface area (Å²) in [6.07, 6.45) is 0. The topological polar surface area (TPSA) is 63.7 Å². The fraction of sp³-hybridized carbons (Fsp3) is 0.0952. The summed E-state index contributed by atoms with van der Waals surface area (Å²) in [6.45, 7) is 2.10. The standard InChI is InChI=1S/C21H16N4OS/c1-15-19(11-22)21(25(24-15)17-5-3-2-4-6-17)12-26-18-9-7-16(8-10-18)20-13-27-14-23-20/h2-10,13-14H,12H2,1H3. The van der Waals surface area contributed by atoms with E-state index in [1.165, 1.54) is 0 Å². The lowest BCUT2D eigenvalue weighted by molar-refractivity contribution is 0.297. The Balaban J connectivity index is 1.59. The first kappa shape index (κ1) is 17.0. The van der Waals surface area contributed by atoms with E-state index < -0.39 is 0 Å². The Bertz CT molecular complexity index is 1080. The molecule has 2 heterocycles. The molecule has 0 bridgehead atoms. The van der Waals surface area contributed by atoms with Gasteiger partial charge in [0.25, 0.3) is 0 Å². The van der Waals surface area contributed by atoms with Crippen molar-refractivity contribution in [1.29, 1.82) is 5.26 Å². The van der Waals surface area contributed by atoms with Crippen molar-refractivity contribution in [2.45, 2.75) is 13.5 Å². The summed E-state index contributed by atoms with van der Waals surface area (Å²) in [5.74, 6) is 0.733. The van der Waals surface area contributed by atoms with Crippen LogP contribution in [0.25, 0.3) is 16.9 Å². The first-order valence-corrected chi connectivity index (χ1v) is 9.36. The molecule has 4 rings (SSSR count). The van der Waals surface area contributed by atoms with E-state index in [2.05, 4.69) is 16.2 Å². The van der Waals surface area contributed by atoms with Crippen molar-refractivity contribution >= 4 is 11.3 Å². The second-order valence-electron chi connectivity index (χ2n) is 5.95. The highest BCUT2D eigenvalue weighted by Crippen LogP contribution is 2.24. The maximum absolute atomic E-state index is 9.53. The van der Waals surface area contributed by atoms with Gasteiger partial charge in [-0.2, -0.15) is 10.4 Å². The first-order chi connectivity index (χ1) is 13.3. The molecule has 0 unspecified atom stereocenters. The number of para-hydroxylation sites is 1. The summed E-state index contributed by atoms with van der Waals surface area (Å²) in [5, 5.41) is 16.1. The summed E-state index contributed by atoms with van der Waals surface area (Å²) in [6, 6.07) is 19.8. The lowest BCUT2D eigenvalue weighted by Crippen LogP contribution is -2.07. The van der Waals surface area contributed by atoms with Gasteiger partial charge in [0, 0.05) is 10.9 Å². The van der Waals surface area contributed by atoms with Crippen LogP contribution in [0.3, 0.4) is 0 Å². The van der Waals surface area contributed by atoms with Crippen molar-refractivity contribution < 1.29 is 4.74 Å². The molecule has 5 nitrogen and oxygen atoms in total. The van der Waals surface area contributed by atoms with Crippen LogP contribution < -0.4 is 4.74 Å². The third-order valence-corrected chi connectivity index (χ3v) is 4.81. The van der Waals surface area contributed by atoms with Crippen LogP contribution in [0.15, 0.2) is 65.5 Å². The highest BCUT2D eigenvalue weighted by atomic mass is 32.1. The molecular weight excluding hydrogens is 356 g/mol. The molecule has 0 radical (unpaired) electrons. The van der Waals surface area contributed by atoms with Crippen LogP contribution in [-0.2, 0) is 6.61 Å². The Morgan fingerprint density at radius 3 is 2.56 bits per heavy atom. The van der Waals surface area contributed by atoms with Crippen molar-refractivity contribution in [3.05, 3.63) is 82.4 Å². The third-order valence-electron chi connectivity index (χ3n) is 4.23. The Kier molecular flexibility index (Phi) is 4.69. The number of nitrogens with zero attached hydrogens (tertiary/aromatic N) is 4. The van der Waals surface area contributed by atoms with E-state index in [9.17, 15) is 5.26 Å². The molecule has 2 aromatic carbocycles. The van der Waals surface area contributed by atoms with Gasteiger partial charge in [0.05, 0.1) is 28.3 Å². The monoisotopic (exact) mass is 372 g/mol. The van der Waals surface area contributed by atoms with Crippen LogP contribution >= 0.6 is 11.3 Å². The molecule has 132 valence electrons. The third kappa shape index (κ3) is 3.46. The molecule has 0 fully saturated rings. The molecule has 0 saturated carbocycles. The van der Waals surface area contributed by atoms with E-state index in [1.54, 1.807) is 16.0 Å². The van der Waals surface area contributed by atoms with Crippen LogP contribution in [0.4, 0.5) is 0 Å². The van der Waals surface area contributed by atoms with Gasteiger partial charge in [0.2, 0.25) is 0 Å². The maximum Gasteiger partial charge on any atom is 0.132 e. The molecule has 0 aliphatic heterocycles. The highest BCUT2D eigenvalue weighted by molar-refractivity contribution is 7.07. The van der Waals surface area contributed by atoms with E-state index in [4.69, 9.17) is 4.74 Å². The molecule has 0 N–H and O–H groups in total. The minimum Gasteiger partial charge on any atom is -0.487 e. The van der Waals surface area contributed by atoms with Gasteiger partial charge in [-0.15, -0.1) is 11.3 Å². The molecule has 27 heavy (non-hydrogen) atoms. The van der Waals surface area contributed by atoms with Crippen LogP contribution in [0, 0.1) is 18.3 Å². The number of benzene rings is 2. The molecule has 6 heteroatoms. The summed E-state index contributed by atoms with van der Waals surface area (Å²) < 4.78 is 7.73. The number of hydrogen-bond acceptors (Lipinski definition) is 5. The molecule has 2 aromatic heterocycles. The SMILES string of the molecule is Cc1nn(-c2ccccc2)c(COc2ccc(-c3cscn3)cc2)c1C#N. The van der Waals surface area contributed by atoms with Gasteiger partial charge in [-0.05, 0) is 43.3 Å². The lowest BCUT2D eigenvalue weighted by atomic mass is 10.2. The van der Waals surface area contributed by atoms with Gasteiger partial charge in [0.1, 0.15) is 24.0 Å². The van der Waals surface area contributed by atoms with E-state index in [0.29, 0.717) is 11.3 Å². The highest BCUT2D eigenvalue weighted by Gasteiger charge is 2.17. The minimum absolute atomic E-state index is 0.259. The Morgan fingerprint density at radius 1 is 1.11 bits per heavy atom. The van der Waals surface area contributed by atoms with Gasteiger partial charge >= 0.3 is 0 Å². The molecular formula is C21H16N4OS. The number of nitriles is 1. The predicted molar refractivity (Wildman–Crippen MR) is 105 cm³/mol. The zero-order chi connectivity index (χ0) is 18.6. The largest absolute Gasteiger partial charge is 0.487 e. The molecule has 0 saturated heterocycles. The number of aryl methyl sites for hydroxylation is 1. The average molecular weight is 372 g/mol. The minimum atomic E-state index is 0.259. The zero-order valence-corrected chi connectivity index (χ0v) is 15.5. The Labute approximate surface area is 161 Å². The predicted octanol–water partition coefficient (Wildman–Crippen LogP) is 4.75. The first-order valence-electron chi connectivity index (χ1n) is 8.41. The van der Waals surface area contributed by atoms with Gasteiger partial charge in [-0.25, -0.2) is 9.67 Å². The van der Waals surface area contributed by atoms with E-state index in [1.807, 2.05) is 72.4 Å². The van der Waals surface area contributed by atoms with Gasteiger partial charge < -0.3 is 4.74 Å². The van der Waals surface area contributed by atoms with Crippen molar-refractivity contribution in [2.75, 3.05) is 0 Å². The maximum atomic E-state index is 9.53. The normalized spacial score (nSPS) is 10.5. The summed E-state index contributed by atoms with van der Waals surface area (Å²) in [7, 11) is 0. The summed E-state index contributed by atoms with van der Waals surface area (Å²) in [5.41, 5.74) is 6.71. The zero-order valence-electron chi connectivity index (χ0n) is 14.7. The van der Waals surface area contributed by atoms with E-state index >= 15 is 0 Å². The second-order valence-corrected chi connectivity index (χ2v) is 6.67. The van der Waals surface area contributed by atoms with Crippen molar-refractivity contribution in [2.24, 2.45) is 0 Å². The molecule has 0 spiro atoms. The van der Waals surface area contributed by atoms with Gasteiger partial charge in [-0.3, -0.25) is 0 Å². The summed E-state index contributed by atoms with van der Waals surface area (Å²) in [4.78, 5) is 4.31. The summed E-state index contributed by atoms with van der Waals surface area (Å²) >= 11 is 1.57. The van der Waals surface area contributed by atoms with Gasteiger partial charge in [-0.1, -0.05) is 18.2 Å². The van der Waals surface area contributed by atoms with Crippen molar-refractivity contribution in [3.63, 3.8) is 0 Å². The van der Waals surface area contributed by atoms with Crippen LogP contribution in [-0.4, -0.2) is 14.8 Å². The molecule has 0 atom stereocenters. The molecule has 0 aliphatic carbocycles.